The average molecular weight is 478 g/mol. The van der Waals surface area contributed by atoms with Gasteiger partial charge < -0.3 is 20.1 Å². The van der Waals surface area contributed by atoms with Gasteiger partial charge in [-0.3, -0.25) is 14.4 Å². The first kappa shape index (κ1) is 22.9. The third-order valence-electron chi connectivity index (χ3n) is 5.08. The molecule has 3 amide bonds. The van der Waals surface area contributed by atoms with Crippen molar-refractivity contribution in [2.24, 2.45) is 0 Å². The first-order valence-corrected chi connectivity index (χ1v) is 10.5. The van der Waals surface area contributed by atoms with Crippen LogP contribution in [0.15, 0.2) is 83.5 Å². The summed E-state index contributed by atoms with van der Waals surface area (Å²) in [4.78, 5) is 39.3. The largest absolute Gasteiger partial charge is 0.497 e. The van der Waals surface area contributed by atoms with E-state index in [1.165, 1.54) is 7.11 Å². The molecule has 8 nitrogen and oxygen atoms in total. The van der Waals surface area contributed by atoms with Crippen molar-refractivity contribution in [3.05, 3.63) is 89.1 Å². The zero-order valence-electron chi connectivity index (χ0n) is 18.3. The van der Waals surface area contributed by atoms with Crippen LogP contribution in [0.5, 0.6) is 11.5 Å². The molecule has 0 saturated heterocycles. The van der Waals surface area contributed by atoms with Crippen molar-refractivity contribution < 1.29 is 23.9 Å². The molecule has 0 spiro atoms. The molecule has 9 heteroatoms. The Balaban J connectivity index is 1.52. The van der Waals surface area contributed by atoms with E-state index in [0.717, 1.165) is 4.90 Å². The van der Waals surface area contributed by atoms with Crippen LogP contribution in [0.3, 0.4) is 0 Å². The van der Waals surface area contributed by atoms with Crippen LogP contribution in [-0.2, 0) is 9.59 Å². The third kappa shape index (κ3) is 4.57. The Hall–Kier alpha value is -4.30. The van der Waals surface area contributed by atoms with Crippen LogP contribution >= 0.6 is 11.6 Å². The van der Waals surface area contributed by atoms with Gasteiger partial charge >= 0.3 is 0 Å². The second kappa shape index (κ2) is 9.68. The van der Waals surface area contributed by atoms with Gasteiger partial charge in [0.05, 0.1) is 19.9 Å². The Kier molecular flexibility index (Phi) is 6.51. The SMILES string of the molecule is COc1ccc(N2C(=O)C(Cl)=C(Nc3cccc(C(=O)Nc4cccc(OC)c4)c3)C2=O)cc1. The number of hydrogen-bond acceptors (Lipinski definition) is 6. The molecule has 0 saturated carbocycles. The summed E-state index contributed by atoms with van der Waals surface area (Å²) in [6, 6.07) is 19.9. The Bertz CT molecular complexity index is 1300. The van der Waals surface area contributed by atoms with Gasteiger partial charge in [-0.25, -0.2) is 4.90 Å². The van der Waals surface area contributed by atoms with Gasteiger partial charge in [0, 0.05) is 23.0 Å². The summed E-state index contributed by atoms with van der Waals surface area (Å²) >= 11 is 6.20. The number of rotatable bonds is 7. The summed E-state index contributed by atoms with van der Waals surface area (Å²) in [6.45, 7) is 0. The number of nitrogens with one attached hydrogen (secondary N) is 2. The number of hydrogen-bond donors (Lipinski definition) is 2. The smallest absolute Gasteiger partial charge is 0.283 e. The van der Waals surface area contributed by atoms with Gasteiger partial charge in [0.2, 0.25) is 0 Å². The van der Waals surface area contributed by atoms with Crippen molar-refractivity contribution in [2.75, 3.05) is 29.8 Å². The zero-order chi connectivity index (χ0) is 24.2. The molecule has 2 N–H and O–H groups in total. The van der Waals surface area contributed by atoms with E-state index in [-0.39, 0.29) is 16.6 Å². The van der Waals surface area contributed by atoms with E-state index < -0.39 is 11.8 Å². The first-order chi connectivity index (χ1) is 16.4. The second-order valence-electron chi connectivity index (χ2n) is 7.22. The van der Waals surface area contributed by atoms with Crippen LogP contribution in [0.2, 0.25) is 0 Å². The monoisotopic (exact) mass is 477 g/mol. The predicted molar refractivity (Wildman–Crippen MR) is 129 cm³/mol. The highest BCUT2D eigenvalue weighted by atomic mass is 35.5. The lowest BCUT2D eigenvalue weighted by Crippen LogP contribution is -2.32. The minimum atomic E-state index is -0.647. The maximum Gasteiger partial charge on any atom is 0.283 e. The van der Waals surface area contributed by atoms with Crippen molar-refractivity contribution >= 4 is 46.4 Å². The van der Waals surface area contributed by atoms with Gasteiger partial charge in [-0.05, 0) is 54.6 Å². The lowest BCUT2D eigenvalue weighted by Gasteiger charge is -2.15. The molecule has 0 atom stereocenters. The number of anilines is 3. The fourth-order valence-electron chi connectivity index (χ4n) is 3.36. The van der Waals surface area contributed by atoms with Crippen molar-refractivity contribution in [1.82, 2.24) is 0 Å². The van der Waals surface area contributed by atoms with Crippen molar-refractivity contribution in [1.29, 1.82) is 0 Å². The lowest BCUT2D eigenvalue weighted by atomic mass is 10.1. The number of ether oxygens (including phenoxy) is 2. The highest BCUT2D eigenvalue weighted by molar-refractivity contribution is 6.53. The van der Waals surface area contributed by atoms with E-state index >= 15 is 0 Å². The molecule has 0 bridgehead atoms. The van der Waals surface area contributed by atoms with Gasteiger partial charge in [0.1, 0.15) is 22.2 Å². The first-order valence-electron chi connectivity index (χ1n) is 10.2. The topological polar surface area (TPSA) is 97.0 Å². The van der Waals surface area contributed by atoms with Gasteiger partial charge in [-0.15, -0.1) is 0 Å². The number of nitrogens with zero attached hydrogens (tertiary/aromatic N) is 1. The van der Waals surface area contributed by atoms with Crippen LogP contribution in [0, 0.1) is 0 Å². The van der Waals surface area contributed by atoms with E-state index in [1.807, 2.05) is 0 Å². The van der Waals surface area contributed by atoms with E-state index in [0.29, 0.717) is 34.1 Å². The number of benzene rings is 3. The van der Waals surface area contributed by atoms with Gasteiger partial charge in [-0.2, -0.15) is 0 Å². The fourth-order valence-corrected chi connectivity index (χ4v) is 3.58. The number of carbonyl (C=O) groups is 3. The summed E-state index contributed by atoms with van der Waals surface area (Å²) in [5, 5.41) is 5.43. The third-order valence-corrected chi connectivity index (χ3v) is 5.43. The molecule has 1 aliphatic rings. The van der Waals surface area contributed by atoms with E-state index in [2.05, 4.69) is 10.6 Å². The summed E-state index contributed by atoms with van der Waals surface area (Å²) in [5.41, 5.74) is 1.61. The van der Waals surface area contributed by atoms with E-state index in [1.54, 1.807) is 79.9 Å². The molecule has 0 aliphatic carbocycles. The fraction of sp³-hybridized carbons (Fsp3) is 0.0800. The Morgan fingerprint density at radius 2 is 1.50 bits per heavy atom. The number of methoxy groups -OCH3 is 2. The predicted octanol–water partition coefficient (Wildman–Crippen LogP) is 4.39. The van der Waals surface area contributed by atoms with Crippen LogP contribution in [-0.4, -0.2) is 31.9 Å². The molecule has 3 aromatic carbocycles. The lowest BCUT2D eigenvalue weighted by molar-refractivity contribution is -0.120. The van der Waals surface area contributed by atoms with Crippen molar-refractivity contribution in [3.63, 3.8) is 0 Å². The normalized spacial score (nSPS) is 13.2. The quantitative estimate of drug-likeness (QED) is 0.490. The molecule has 1 heterocycles. The van der Waals surface area contributed by atoms with Crippen LogP contribution < -0.4 is 25.0 Å². The minimum Gasteiger partial charge on any atom is -0.497 e. The molecule has 3 aromatic rings. The van der Waals surface area contributed by atoms with Gasteiger partial charge in [-0.1, -0.05) is 23.7 Å². The van der Waals surface area contributed by atoms with Gasteiger partial charge in [0.15, 0.2) is 0 Å². The molecule has 0 radical (unpaired) electrons. The van der Waals surface area contributed by atoms with Gasteiger partial charge in [0.25, 0.3) is 17.7 Å². The minimum absolute atomic E-state index is 0.0761. The average Bonchev–Trinajstić information content (AvgIpc) is 3.07. The number of carbonyl (C=O) groups excluding carboxylic acids is 3. The van der Waals surface area contributed by atoms with Crippen molar-refractivity contribution in [2.45, 2.75) is 0 Å². The molecule has 4 rings (SSSR count). The zero-order valence-corrected chi connectivity index (χ0v) is 19.1. The van der Waals surface area contributed by atoms with Crippen molar-refractivity contribution in [3.8, 4) is 11.5 Å². The van der Waals surface area contributed by atoms with Crippen LogP contribution in [0.4, 0.5) is 17.1 Å². The molecular weight excluding hydrogens is 458 g/mol. The van der Waals surface area contributed by atoms with Crippen LogP contribution in [0.25, 0.3) is 0 Å². The highest BCUT2D eigenvalue weighted by Crippen LogP contribution is 2.31. The Labute approximate surface area is 200 Å². The molecule has 0 aromatic heterocycles. The summed E-state index contributed by atoms with van der Waals surface area (Å²) in [7, 11) is 3.06. The van der Waals surface area contributed by atoms with Crippen LogP contribution in [0.1, 0.15) is 10.4 Å². The summed E-state index contributed by atoms with van der Waals surface area (Å²) in [6.07, 6.45) is 0. The second-order valence-corrected chi connectivity index (χ2v) is 7.60. The Morgan fingerprint density at radius 3 is 2.21 bits per heavy atom. The maximum atomic E-state index is 13.0. The number of halogens is 1. The Morgan fingerprint density at radius 1 is 0.824 bits per heavy atom. The molecule has 0 fully saturated rings. The number of amides is 3. The molecule has 0 unspecified atom stereocenters. The summed E-state index contributed by atoms with van der Waals surface area (Å²) in [5.74, 6) is -0.409. The summed E-state index contributed by atoms with van der Waals surface area (Å²) < 4.78 is 10.3. The molecular formula is C25H20ClN3O5. The molecule has 34 heavy (non-hydrogen) atoms. The standard InChI is InChI=1S/C25H20ClN3O5/c1-33-19-11-9-18(10-12-19)29-24(31)21(26)22(25(29)32)27-16-6-3-5-15(13-16)23(30)28-17-7-4-8-20(14-17)34-2/h3-14,27H,1-2H3,(H,28,30). The molecule has 172 valence electrons. The highest BCUT2D eigenvalue weighted by Gasteiger charge is 2.39. The van der Waals surface area contributed by atoms with E-state index in [9.17, 15) is 14.4 Å². The number of imide groups is 1. The maximum absolute atomic E-state index is 13.0. The van der Waals surface area contributed by atoms with E-state index in [4.69, 9.17) is 21.1 Å². The molecule has 1 aliphatic heterocycles.